The van der Waals surface area contributed by atoms with Gasteiger partial charge in [-0.25, -0.2) is 8.61 Å². The second-order valence-corrected chi connectivity index (χ2v) is 18.5. The van der Waals surface area contributed by atoms with E-state index < -0.39 is 18.3 Å². The van der Waals surface area contributed by atoms with E-state index in [-0.39, 0.29) is 18.5 Å². The molecule has 0 amide bonds. The third kappa shape index (κ3) is 6.25. The molecule has 1 saturated carbocycles. The van der Waals surface area contributed by atoms with Crippen molar-refractivity contribution in [3.05, 3.63) is 71.7 Å². The number of nitrogens with zero attached hydrogens (tertiary/aromatic N) is 2. The molecule has 0 saturated heterocycles. The standard InChI is InChI=1S/C27H39N3O4SSi/c1-36(2,3)16-15-29-27(31)19-30(35(29,32)33)25-14-13-22(17-23-11-7-8-12-24(23)28)18-26(25)34-20-21-9-5-4-6-10-21/h4-6,9-10,13-14,18-19,23-24,31H,7-8,11-12,15-17,20,28H2,1-3H3/t23-,24+/m0/s1. The molecule has 0 unspecified atom stereocenters. The van der Waals surface area contributed by atoms with Crippen molar-refractivity contribution in [1.29, 1.82) is 0 Å². The summed E-state index contributed by atoms with van der Waals surface area (Å²) >= 11 is 0. The van der Waals surface area contributed by atoms with Gasteiger partial charge in [0.25, 0.3) is 0 Å². The van der Waals surface area contributed by atoms with Crippen LogP contribution in [-0.4, -0.2) is 38.5 Å². The van der Waals surface area contributed by atoms with Crippen LogP contribution in [0.25, 0.3) is 0 Å². The minimum Gasteiger partial charge on any atom is -0.493 e. The quantitative estimate of drug-likeness (QED) is 0.425. The first-order chi connectivity index (χ1) is 17.0. The summed E-state index contributed by atoms with van der Waals surface area (Å²) in [5.74, 6) is 0.614. The number of ether oxygens (including phenoxy) is 1. The van der Waals surface area contributed by atoms with Gasteiger partial charge in [-0.2, -0.15) is 8.42 Å². The zero-order valence-corrected chi connectivity index (χ0v) is 23.4. The molecule has 2 aromatic carbocycles. The average Bonchev–Trinajstić information content (AvgIpc) is 3.05. The van der Waals surface area contributed by atoms with Crippen LogP contribution in [0.15, 0.2) is 60.6 Å². The Morgan fingerprint density at radius 3 is 2.47 bits per heavy atom. The second kappa shape index (κ2) is 10.9. The number of aliphatic hydroxyl groups is 1. The molecule has 1 fully saturated rings. The maximum atomic E-state index is 13.5. The molecule has 3 N–H and O–H groups in total. The summed E-state index contributed by atoms with van der Waals surface area (Å²) in [4.78, 5) is 0. The number of benzene rings is 2. The minimum absolute atomic E-state index is 0.186. The van der Waals surface area contributed by atoms with Crippen molar-refractivity contribution in [2.24, 2.45) is 11.7 Å². The second-order valence-electron chi connectivity index (χ2n) is 11.2. The number of rotatable bonds is 9. The first-order valence-electron chi connectivity index (χ1n) is 12.8. The van der Waals surface area contributed by atoms with Gasteiger partial charge in [-0.1, -0.05) is 68.9 Å². The molecule has 0 bridgehead atoms. The topological polar surface area (TPSA) is 96.1 Å². The smallest absolute Gasteiger partial charge is 0.332 e. The Bertz CT molecular complexity index is 1180. The third-order valence-corrected chi connectivity index (χ3v) is 10.5. The molecule has 0 radical (unpaired) electrons. The van der Waals surface area contributed by atoms with Gasteiger partial charge < -0.3 is 15.6 Å². The van der Waals surface area contributed by atoms with E-state index >= 15 is 0 Å². The Labute approximate surface area is 216 Å². The number of anilines is 1. The Kier molecular flexibility index (Phi) is 8.02. The average molecular weight is 530 g/mol. The van der Waals surface area contributed by atoms with Crippen molar-refractivity contribution in [3.8, 4) is 5.75 Å². The van der Waals surface area contributed by atoms with Crippen molar-refractivity contribution in [3.63, 3.8) is 0 Å². The fraction of sp³-hybridized carbons (Fsp3) is 0.481. The Hall–Kier alpha value is -2.49. The van der Waals surface area contributed by atoms with E-state index in [2.05, 4.69) is 19.6 Å². The lowest BCUT2D eigenvalue weighted by molar-refractivity contribution is 0.294. The van der Waals surface area contributed by atoms with Crippen LogP contribution in [0.5, 0.6) is 5.75 Å². The van der Waals surface area contributed by atoms with Crippen LogP contribution in [0.4, 0.5) is 5.69 Å². The van der Waals surface area contributed by atoms with E-state index in [1.165, 1.54) is 19.0 Å². The maximum Gasteiger partial charge on any atom is 0.332 e. The summed E-state index contributed by atoms with van der Waals surface area (Å²) < 4.78 is 35.4. The van der Waals surface area contributed by atoms with E-state index in [1.54, 1.807) is 6.07 Å². The molecule has 4 rings (SSSR count). The highest BCUT2D eigenvalue weighted by atomic mass is 32.2. The molecule has 1 heterocycles. The van der Waals surface area contributed by atoms with Crippen LogP contribution < -0.4 is 14.8 Å². The van der Waals surface area contributed by atoms with Crippen LogP contribution in [0.3, 0.4) is 0 Å². The van der Waals surface area contributed by atoms with Gasteiger partial charge in [0.2, 0.25) is 5.88 Å². The highest BCUT2D eigenvalue weighted by Crippen LogP contribution is 2.38. The van der Waals surface area contributed by atoms with Crippen molar-refractivity contribution in [2.45, 2.75) is 70.4 Å². The molecule has 0 spiro atoms. The van der Waals surface area contributed by atoms with Gasteiger partial charge in [-0.3, -0.25) is 0 Å². The molecule has 2 aliphatic rings. The number of nitrogens with two attached hydrogens (primary N) is 1. The number of hydrogen-bond donors (Lipinski definition) is 2. The summed E-state index contributed by atoms with van der Waals surface area (Å²) in [6.45, 7) is 7.11. The lowest BCUT2D eigenvalue weighted by Crippen LogP contribution is -2.37. The first-order valence-corrected chi connectivity index (χ1v) is 17.9. The molecular weight excluding hydrogens is 490 g/mol. The van der Waals surface area contributed by atoms with Gasteiger partial charge in [0.05, 0.1) is 6.20 Å². The van der Waals surface area contributed by atoms with Gasteiger partial charge in [-0.15, -0.1) is 0 Å². The predicted molar refractivity (Wildman–Crippen MR) is 148 cm³/mol. The molecule has 2 atom stereocenters. The van der Waals surface area contributed by atoms with Crippen molar-refractivity contribution in [1.82, 2.24) is 4.31 Å². The van der Waals surface area contributed by atoms with Crippen LogP contribution in [0.1, 0.15) is 36.8 Å². The lowest BCUT2D eigenvalue weighted by atomic mass is 9.81. The molecule has 9 heteroatoms. The van der Waals surface area contributed by atoms with Crippen LogP contribution in [-0.2, 0) is 23.2 Å². The largest absolute Gasteiger partial charge is 0.493 e. The van der Waals surface area contributed by atoms with Gasteiger partial charge >= 0.3 is 10.2 Å². The molecule has 0 aromatic heterocycles. The molecule has 2 aromatic rings. The zero-order valence-electron chi connectivity index (χ0n) is 21.6. The number of aliphatic hydroxyl groups excluding tert-OH is 1. The normalized spacial score (nSPS) is 21.9. The van der Waals surface area contributed by atoms with Crippen LogP contribution in [0, 0.1) is 5.92 Å². The minimum atomic E-state index is -3.96. The molecular formula is C27H39N3O4SSi. The summed E-state index contributed by atoms with van der Waals surface area (Å²) in [7, 11) is -5.47. The summed E-state index contributed by atoms with van der Waals surface area (Å²) in [6, 6.07) is 16.4. The molecule has 7 nitrogen and oxygen atoms in total. The van der Waals surface area contributed by atoms with E-state index in [4.69, 9.17) is 10.5 Å². The van der Waals surface area contributed by atoms with E-state index in [9.17, 15) is 13.5 Å². The van der Waals surface area contributed by atoms with E-state index in [1.807, 2.05) is 42.5 Å². The van der Waals surface area contributed by atoms with Crippen LogP contribution >= 0.6 is 0 Å². The third-order valence-electron chi connectivity index (χ3n) is 7.04. The molecule has 1 aliphatic heterocycles. The van der Waals surface area contributed by atoms with Crippen molar-refractivity contribution < 1.29 is 18.3 Å². The molecule has 36 heavy (non-hydrogen) atoms. The SMILES string of the molecule is C[Si](C)(C)CCN1C(O)=CN(c2ccc(C[C@@H]3CCCC[C@H]3N)cc2OCc2ccccc2)S1(=O)=O. The monoisotopic (exact) mass is 529 g/mol. The predicted octanol–water partition coefficient (Wildman–Crippen LogP) is 5.39. The Balaban J connectivity index is 1.63. The first kappa shape index (κ1) is 26.6. The van der Waals surface area contributed by atoms with Crippen LogP contribution in [0.2, 0.25) is 25.7 Å². The fourth-order valence-corrected chi connectivity index (χ4v) is 7.33. The van der Waals surface area contributed by atoms with E-state index in [0.29, 0.717) is 24.0 Å². The maximum absolute atomic E-state index is 13.5. The highest BCUT2D eigenvalue weighted by molar-refractivity contribution is 7.91. The van der Waals surface area contributed by atoms with Gasteiger partial charge in [0.1, 0.15) is 18.0 Å². The Morgan fingerprint density at radius 2 is 1.78 bits per heavy atom. The summed E-state index contributed by atoms with van der Waals surface area (Å²) in [5.41, 5.74) is 8.85. The van der Waals surface area contributed by atoms with Crippen molar-refractivity contribution in [2.75, 3.05) is 10.8 Å². The molecule has 1 aliphatic carbocycles. The summed E-state index contributed by atoms with van der Waals surface area (Å²) in [6.07, 6.45) is 6.63. The lowest BCUT2D eigenvalue weighted by Gasteiger charge is -2.29. The molecule has 196 valence electrons. The zero-order chi connectivity index (χ0) is 25.9. The van der Waals surface area contributed by atoms with Gasteiger partial charge in [-0.05, 0) is 54.5 Å². The summed E-state index contributed by atoms with van der Waals surface area (Å²) in [5, 5.41) is 10.6. The van der Waals surface area contributed by atoms with E-state index in [0.717, 1.165) is 45.0 Å². The number of hydrogen-bond acceptors (Lipinski definition) is 5. The van der Waals surface area contributed by atoms with Gasteiger partial charge in [0, 0.05) is 20.7 Å². The van der Waals surface area contributed by atoms with Gasteiger partial charge in [0.15, 0.2) is 0 Å². The van der Waals surface area contributed by atoms with Crippen molar-refractivity contribution >= 4 is 24.0 Å². The Morgan fingerprint density at radius 1 is 1.06 bits per heavy atom. The highest BCUT2D eigenvalue weighted by Gasteiger charge is 2.39. The fourth-order valence-electron chi connectivity index (χ4n) is 4.83.